The number of amides is 1. The van der Waals surface area contributed by atoms with Crippen LogP contribution in [0.15, 0.2) is 17.2 Å². The van der Waals surface area contributed by atoms with Gasteiger partial charge in [0.2, 0.25) is 0 Å². The number of aromatic hydroxyl groups is 1. The Morgan fingerprint density at radius 3 is 2.64 bits per heavy atom. The normalized spacial score (nSPS) is 11.6. The van der Waals surface area contributed by atoms with Crippen LogP contribution in [0.1, 0.15) is 32.9 Å². The minimum atomic E-state index is -0.352. The maximum absolute atomic E-state index is 12.1. The number of hydrazone groups is 1. The lowest BCUT2D eigenvalue weighted by molar-refractivity contribution is 0.0958. The fourth-order valence-corrected chi connectivity index (χ4v) is 3.13. The van der Waals surface area contributed by atoms with Crippen LogP contribution in [0.25, 0.3) is 0 Å². The fraction of sp³-hybridized carbons (Fsp3) is 0.214. The molecule has 0 atom stereocenters. The van der Waals surface area contributed by atoms with Crippen LogP contribution in [-0.2, 0) is 0 Å². The van der Waals surface area contributed by atoms with Crippen molar-refractivity contribution < 1.29 is 9.90 Å². The molecule has 1 heterocycles. The van der Waals surface area contributed by atoms with Gasteiger partial charge in [0.15, 0.2) is 0 Å². The number of hydrogen-bond donors (Lipinski definition) is 2. The largest absolute Gasteiger partial charge is 0.506 e. The van der Waals surface area contributed by atoms with Crippen LogP contribution in [-0.4, -0.2) is 21.7 Å². The van der Waals surface area contributed by atoms with Gasteiger partial charge in [-0.1, -0.05) is 23.2 Å². The van der Waals surface area contributed by atoms with Crippen molar-refractivity contribution in [3.05, 3.63) is 43.3 Å². The molecule has 5 nitrogen and oxygen atoms in total. The van der Waals surface area contributed by atoms with E-state index in [1.165, 1.54) is 23.5 Å². The Bertz CT molecular complexity index is 772. The molecule has 8 heteroatoms. The number of aryl methyl sites for hydroxylation is 2. The molecule has 0 aliphatic carbocycles. The number of carbonyl (C=O) groups is 1. The molecule has 1 amide bonds. The SMILES string of the molecule is CC(=NNC(=O)c1sc(C)nc1C)c1cc(Cl)cc(Cl)c1O. The van der Waals surface area contributed by atoms with Crippen LogP contribution in [0.5, 0.6) is 5.75 Å². The lowest BCUT2D eigenvalue weighted by Crippen LogP contribution is -2.19. The molecular formula is C14H13Cl2N3O2S. The first-order valence-electron chi connectivity index (χ1n) is 6.26. The fourth-order valence-electron chi connectivity index (χ4n) is 1.83. The Morgan fingerprint density at radius 2 is 2.05 bits per heavy atom. The number of phenols is 1. The highest BCUT2D eigenvalue weighted by molar-refractivity contribution is 7.13. The van der Waals surface area contributed by atoms with Gasteiger partial charge >= 0.3 is 0 Å². The van der Waals surface area contributed by atoms with Gasteiger partial charge in [0, 0.05) is 10.6 Å². The molecule has 22 heavy (non-hydrogen) atoms. The van der Waals surface area contributed by atoms with Gasteiger partial charge in [-0.15, -0.1) is 11.3 Å². The van der Waals surface area contributed by atoms with E-state index in [1.54, 1.807) is 13.8 Å². The topological polar surface area (TPSA) is 74.6 Å². The van der Waals surface area contributed by atoms with E-state index in [0.29, 0.717) is 26.9 Å². The Morgan fingerprint density at radius 1 is 1.36 bits per heavy atom. The minimum Gasteiger partial charge on any atom is -0.506 e. The Balaban J connectivity index is 2.23. The van der Waals surface area contributed by atoms with Crippen molar-refractivity contribution in [2.24, 2.45) is 5.10 Å². The zero-order chi connectivity index (χ0) is 16.4. The van der Waals surface area contributed by atoms with Gasteiger partial charge in [-0.2, -0.15) is 5.10 Å². The lowest BCUT2D eigenvalue weighted by atomic mass is 10.1. The standard InChI is InChI=1S/C14H13Cl2N3O2S/c1-6(10-4-9(15)5-11(16)12(10)20)18-19-14(21)13-7(2)17-8(3)22-13/h4-5,20H,1-3H3,(H,19,21). The molecular weight excluding hydrogens is 345 g/mol. The number of rotatable bonds is 3. The van der Waals surface area contributed by atoms with Crippen LogP contribution in [0.2, 0.25) is 10.0 Å². The smallest absolute Gasteiger partial charge is 0.283 e. The molecule has 0 saturated carbocycles. The summed E-state index contributed by atoms with van der Waals surface area (Å²) in [5.41, 5.74) is 3.83. The van der Waals surface area contributed by atoms with Gasteiger partial charge in [0.05, 0.1) is 21.4 Å². The van der Waals surface area contributed by atoms with Gasteiger partial charge in [-0.3, -0.25) is 4.79 Å². The molecule has 0 unspecified atom stereocenters. The highest BCUT2D eigenvalue weighted by Gasteiger charge is 2.14. The summed E-state index contributed by atoms with van der Waals surface area (Å²) in [5.74, 6) is -0.485. The zero-order valence-corrected chi connectivity index (χ0v) is 14.4. The first-order chi connectivity index (χ1) is 10.3. The molecule has 1 aromatic heterocycles. The molecule has 2 aromatic rings. The molecule has 0 radical (unpaired) electrons. The summed E-state index contributed by atoms with van der Waals surface area (Å²) in [6, 6.07) is 2.95. The number of halogens is 2. The summed E-state index contributed by atoms with van der Waals surface area (Å²) in [6.45, 7) is 5.22. The number of benzene rings is 1. The van der Waals surface area contributed by atoms with Crippen molar-refractivity contribution in [3.63, 3.8) is 0 Å². The quantitative estimate of drug-likeness (QED) is 0.645. The number of aromatic nitrogens is 1. The van der Waals surface area contributed by atoms with Crippen LogP contribution in [0.3, 0.4) is 0 Å². The predicted octanol–water partition coefficient (Wildman–Crippen LogP) is 3.93. The molecule has 0 aliphatic rings. The number of hydrogen-bond acceptors (Lipinski definition) is 5. The van der Waals surface area contributed by atoms with Gasteiger partial charge < -0.3 is 5.11 Å². The van der Waals surface area contributed by atoms with E-state index in [0.717, 1.165) is 5.01 Å². The van der Waals surface area contributed by atoms with Crippen molar-refractivity contribution in [1.29, 1.82) is 0 Å². The average Bonchev–Trinajstić information content (AvgIpc) is 2.78. The third kappa shape index (κ3) is 3.58. The van der Waals surface area contributed by atoms with E-state index < -0.39 is 0 Å². The Labute approximate surface area is 141 Å². The Hall–Kier alpha value is -1.63. The number of nitrogens with one attached hydrogen (secondary N) is 1. The van der Waals surface area contributed by atoms with Crippen molar-refractivity contribution in [2.75, 3.05) is 0 Å². The molecule has 0 spiro atoms. The monoisotopic (exact) mass is 357 g/mol. The zero-order valence-electron chi connectivity index (χ0n) is 12.1. The van der Waals surface area contributed by atoms with Gasteiger partial charge in [-0.05, 0) is 32.9 Å². The molecule has 0 bridgehead atoms. The van der Waals surface area contributed by atoms with Crippen LogP contribution < -0.4 is 5.43 Å². The number of thiazole rings is 1. The predicted molar refractivity (Wildman–Crippen MR) is 89.4 cm³/mol. The highest BCUT2D eigenvalue weighted by atomic mass is 35.5. The second-order valence-corrected chi connectivity index (χ2v) is 6.62. The second kappa shape index (κ2) is 6.64. The molecule has 2 N–H and O–H groups in total. The van der Waals surface area contributed by atoms with Crippen LogP contribution >= 0.6 is 34.5 Å². The summed E-state index contributed by atoms with van der Waals surface area (Å²) in [5, 5.41) is 15.2. The summed E-state index contributed by atoms with van der Waals surface area (Å²) < 4.78 is 0. The van der Waals surface area contributed by atoms with Crippen molar-refractivity contribution >= 4 is 46.2 Å². The molecule has 1 aromatic carbocycles. The average molecular weight is 358 g/mol. The molecule has 0 fully saturated rings. The summed E-state index contributed by atoms with van der Waals surface area (Å²) >= 11 is 13.1. The van der Waals surface area contributed by atoms with Gasteiger partial charge in [0.1, 0.15) is 10.6 Å². The van der Waals surface area contributed by atoms with E-state index in [-0.39, 0.29) is 16.7 Å². The third-order valence-corrected chi connectivity index (χ3v) is 4.43. The van der Waals surface area contributed by atoms with E-state index in [4.69, 9.17) is 23.2 Å². The number of phenolic OH excluding ortho intramolecular Hbond substituents is 1. The highest BCUT2D eigenvalue weighted by Crippen LogP contribution is 2.31. The molecule has 2 rings (SSSR count). The lowest BCUT2D eigenvalue weighted by Gasteiger charge is -2.07. The van der Waals surface area contributed by atoms with Gasteiger partial charge in [0.25, 0.3) is 5.91 Å². The van der Waals surface area contributed by atoms with Crippen molar-refractivity contribution in [3.8, 4) is 5.75 Å². The molecule has 116 valence electrons. The Kier molecular flexibility index (Phi) is 5.05. The van der Waals surface area contributed by atoms with Gasteiger partial charge in [-0.25, -0.2) is 10.4 Å². The first kappa shape index (κ1) is 16.7. The van der Waals surface area contributed by atoms with Crippen molar-refractivity contribution in [1.82, 2.24) is 10.4 Å². The maximum atomic E-state index is 12.1. The van der Waals surface area contributed by atoms with Crippen LogP contribution in [0, 0.1) is 13.8 Å². The summed E-state index contributed by atoms with van der Waals surface area (Å²) in [4.78, 5) is 16.8. The number of carbonyl (C=O) groups excluding carboxylic acids is 1. The summed E-state index contributed by atoms with van der Waals surface area (Å²) in [7, 11) is 0. The second-order valence-electron chi connectivity index (χ2n) is 4.57. The van der Waals surface area contributed by atoms with Crippen molar-refractivity contribution in [2.45, 2.75) is 20.8 Å². The van der Waals surface area contributed by atoms with E-state index >= 15 is 0 Å². The summed E-state index contributed by atoms with van der Waals surface area (Å²) in [6.07, 6.45) is 0. The number of nitrogens with zero attached hydrogens (tertiary/aromatic N) is 2. The minimum absolute atomic E-state index is 0.123. The van der Waals surface area contributed by atoms with E-state index in [2.05, 4.69) is 15.5 Å². The van der Waals surface area contributed by atoms with Crippen LogP contribution in [0.4, 0.5) is 0 Å². The molecule has 0 saturated heterocycles. The first-order valence-corrected chi connectivity index (χ1v) is 7.84. The third-order valence-electron chi connectivity index (χ3n) is 2.85. The van der Waals surface area contributed by atoms with E-state index in [9.17, 15) is 9.90 Å². The molecule has 0 aliphatic heterocycles. The van der Waals surface area contributed by atoms with E-state index in [1.807, 2.05) is 6.92 Å². The maximum Gasteiger partial charge on any atom is 0.283 e.